The molecule has 6 rings (SSSR count). The Bertz CT molecular complexity index is 1280. The maximum atomic E-state index is 6.50. The minimum atomic E-state index is 0.0983. The molecule has 2 atom stereocenters. The number of pyridine rings is 1. The molecule has 0 unspecified atom stereocenters. The van der Waals surface area contributed by atoms with E-state index in [9.17, 15) is 0 Å². The molecule has 32 heavy (non-hydrogen) atoms. The number of hydrogen-bond acceptors (Lipinski definition) is 7. The highest BCUT2D eigenvalue weighted by Gasteiger charge is 2.47. The monoisotopic (exact) mass is 446 g/mol. The number of fused-ring (bicyclic) bond motifs is 2. The number of anilines is 1. The van der Waals surface area contributed by atoms with Gasteiger partial charge in [-0.25, -0.2) is 9.97 Å². The van der Waals surface area contributed by atoms with E-state index >= 15 is 0 Å². The van der Waals surface area contributed by atoms with Crippen LogP contribution < -0.4 is 10.6 Å². The van der Waals surface area contributed by atoms with Gasteiger partial charge in [-0.2, -0.15) is 0 Å². The van der Waals surface area contributed by atoms with Crippen molar-refractivity contribution in [2.24, 2.45) is 11.1 Å². The van der Waals surface area contributed by atoms with Crippen molar-refractivity contribution in [1.29, 1.82) is 0 Å². The van der Waals surface area contributed by atoms with E-state index in [1.807, 2.05) is 37.1 Å². The van der Waals surface area contributed by atoms with E-state index in [2.05, 4.69) is 44.4 Å². The van der Waals surface area contributed by atoms with Crippen LogP contribution in [0.5, 0.6) is 0 Å². The molecule has 2 N–H and O–H groups in total. The van der Waals surface area contributed by atoms with Crippen LogP contribution in [0.2, 0.25) is 0 Å². The molecule has 8 heteroatoms. The Hall–Kier alpha value is -2.68. The molecule has 7 nitrogen and oxygen atoms in total. The minimum absolute atomic E-state index is 0.0983. The Morgan fingerprint density at radius 2 is 1.94 bits per heavy atom. The quantitative estimate of drug-likeness (QED) is 0.513. The van der Waals surface area contributed by atoms with Crippen molar-refractivity contribution >= 4 is 34.1 Å². The summed E-state index contributed by atoms with van der Waals surface area (Å²) in [6.45, 7) is 4.70. The van der Waals surface area contributed by atoms with Gasteiger partial charge in [0.15, 0.2) is 5.65 Å². The molecule has 2 aliphatic heterocycles. The molecule has 0 amide bonds. The Morgan fingerprint density at radius 1 is 1.09 bits per heavy atom. The van der Waals surface area contributed by atoms with E-state index in [4.69, 9.17) is 15.5 Å². The van der Waals surface area contributed by atoms with Gasteiger partial charge in [-0.05, 0) is 25.2 Å². The Kier molecular flexibility index (Phi) is 4.82. The molecule has 2 saturated heterocycles. The first-order valence-electron chi connectivity index (χ1n) is 11.1. The predicted molar refractivity (Wildman–Crippen MR) is 126 cm³/mol. The van der Waals surface area contributed by atoms with Crippen molar-refractivity contribution in [2.75, 3.05) is 24.6 Å². The molecular formula is C24H26N6OS. The van der Waals surface area contributed by atoms with Crippen LogP contribution in [0, 0.1) is 5.41 Å². The van der Waals surface area contributed by atoms with Crippen molar-refractivity contribution in [3.63, 3.8) is 0 Å². The lowest BCUT2D eigenvalue weighted by molar-refractivity contribution is 0.0973. The lowest BCUT2D eigenvalue weighted by Gasteiger charge is -2.41. The van der Waals surface area contributed by atoms with Gasteiger partial charge in [0, 0.05) is 65.8 Å². The summed E-state index contributed by atoms with van der Waals surface area (Å²) in [5.41, 5.74) is 7.51. The zero-order chi connectivity index (χ0) is 21.7. The van der Waals surface area contributed by atoms with Gasteiger partial charge in [0.2, 0.25) is 5.95 Å². The molecule has 1 spiro atoms. The van der Waals surface area contributed by atoms with Gasteiger partial charge in [-0.15, -0.1) is 0 Å². The van der Waals surface area contributed by atoms with E-state index in [1.54, 1.807) is 11.8 Å². The van der Waals surface area contributed by atoms with E-state index in [0.29, 0.717) is 0 Å². The first-order valence-corrected chi connectivity index (χ1v) is 11.9. The largest absolute Gasteiger partial charge is 0.376 e. The molecule has 4 aromatic rings. The van der Waals surface area contributed by atoms with E-state index in [1.165, 1.54) is 5.39 Å². The second-order valence-corrected chi connectivity index (χ2v) is 9.98. The Morgan fingerprint density at radius 3 is 2.75 bits per heavy atom. The van der Waals surface area contributed by atoms with Gasteiger partial charge >= 0.3 is 0 Å². The summed E-state index contributed by atoms with van der Waals surface area (Å²) >= 11 is 1.66. The van der Waals surface area contributed by atoms with Crippen molar-refractivity contribution in [3.8, 4) is 0 Å². The lowest BCUT2D eigenvalue weighted by Crippen LogP contribution is -2.51. The number of aromatic nitrogens is 4. The maximum Gasteiger partial charge on any atom is 0.211 e. The van der Waals surface area contributed by atoms with Gasteiger partial charge < -0.3 is 15.4 Å². The zero-order valence-corrected chi connectivity index (χ0v) is 18.8. The standard InChI is InChI=1S/C24H26N6OS/c1-16-21(25)24(15-31-16)6-9-29(10-7-24)23-28-14-20(22-27-8-11-30(22)23)32-19-13-26-12-17-4-2-3-5-18(17)19/h2-5,8,11-14,16,21H,6-7,9-10,15,25H2,1H3/t16-,21+/m0/s1. The Balaban J connectivity index is 1.29. The van der Waals surface area contributed by atoms with Crippen molar-refractivity contribution in [1.82, 2.24) is 19.4 Å². The molecule has 2 fully saturated rings. The average Bonchev–Trinajstić information content (AvgIpc) is 3.42. The van der Waals surface area contributed by atoms with Crippen LogP contribution in [-0.4, -0.2) is 51.2 Å². The second-order valence-electron chi connectivity index (χ2n) is 8.90. The van der Waals surface area contributed by atoms with Gasteiger partial charge in [0.05, 0.1) is 17.6 Å². The molecule has 164 valence electrons. The van der Waals surface area contributed by atoms with Crippen molar-refractivity contribution in [2.45, 2.75) is 41.7 Å². The van der Waals surface area contributed by atoms with Gasteiger partial charge in [0.1, 0.15) is 0 Å². The van der Waals surface area contributed by atoms with E-state index < -0.39 is 0 Å². The average molecular weight is 447 g/mol. The first kappa shape index (κ1) is 20.0. The Labute approximate surface area is 191 Å². The number of nitrogens with zero attached hydrogens (tertiary/aromatic N) is 5. The SMILES string of the molecule is C[C@@H]1OCC2(CCN(c3ncc(Sc4cncc5ccccc45)c4nccn34)CC2)[C@@H]1N. The molecule has 0 radical (unpaired) electrons. The fourth-order valence-corrected chi connectivity index (χ4v) is 6.10. The summed E-state index contributed by atoms with van der Waals surface area (Å²) in [7, 11) is 0. The summed E-state index contributed by atoms with van der Waals surface area (Å²) < 4.78 is 7.98. The molecule has 0 aliphatic carbocycles. The minimum Gasteiger partial charge on any atom is -0.376 e. The predicted octanol–water partition coefficient (Wildman–Crippen LogP) is 3.76. The topological polar surface area (TPSA) is 81.6 Å². The molecule has 3 aromatic heterocycles. The summed E-state index contributed by atoms with van der Waals surface area (Å²) in [4.78, 5) is 18.4. The normalized spacial score (nSPS) is 22.9. The molecule has 2 aliphatic rings. The third-order valence-corrected chi connectivity index (χ3v) is 8.17. The fraction of sp³-hybridized carbons (Fsp3) is 0.375. The maximum absolute atomic E-state index is 6.50. The summed E-state index contributed by atoms with van der Waals surface area (Å²) in [5.74, 6) is 0.938. The molecule has 0 saturated carbocycles. The van der Waals surface area contributed by atoms with E-state index in [-0.39, 0.29) is 17.6 Å². The van der Waals surface area contributed by atoms with Crippen molar-refractivity contribution < 1.29 is 4.74 Å². The van der Waals surface area contributed by atoms with Gasteiger partial charge in [-0.3, -0.25) is 9.38 Å². The zero-order valence-electron chi connectivity index (χ0n) is 18.0. The number of nitrogens with two attached hydrogens (primary N) is 1. The van der Waals surface area contributed by atoms with Crippen LogP contribution in [0.3, 0.4) is 0 Å². The van der Waals surface area contributed by atoms with E-state index in [0.717, 1.165) is 59.3 Å². The number of rotatable bonds is 3. The highest BCUT2D eigenvalue weighted by molar-refractivity contribution is 7.99. The highest BCUT2D eigenvalue weighted by Crippen LogP contribution is 2.42. The summed E-state index contributed by atoms with van der Waals surface area (Å²) in [5, 5.41) is 2.32. The molecule has 0 bridgehead atoms. The second kappa shape index (κ2) is 7.72. The smallest absolute Gasteiger partial charge is 0.211 e. The molecular weight excluding hydrogens is 420 g/mol. The number of hydrogen-bond donors (Lipinski definition) is 1. The van der Waals surface area contributed by atoms with Crippen LogP contribution in [0.4, 0.5) is 5.95 Å². The lowest BCUT2D eigenvalue weighted by atomic mass is 9.73. The van der Waals surface area contributed by atoms with Crippen LogP contribution >= 0.6 is 11.8 Å². The van der Waals surface area contributed by atoms with Crippen LogP contribution in [0.15, 0.2) is 65.0 Å². The first-order chi connectivity index (χ1) is 15.6. The van der Waals surface area contributed by atoms with Gasteiger partial charge in [-0.1, -0.05) is 36.0 Å². The van der Waals surface area contributed by atoms with Crippen molar-refractivity contribution in [3.05, 3.63) is 55.2 Å². The third kappa shape index (κ3) is 3.17. The van der Waals surface area contributed by atoms with Gasteiger partial charge in [0.25, 0.3) is 0 Å². The van der Waals surface area contributed by atoms with Crippen LogP contribution in [0.25, 0.3) is 16.4 Å². The number of piperidine rings is 1. The summed E-state index contributed by atoms with van der Waals surface area (Å²) in [6.07, 6.45) is 11.8. The highest BCUT2D eigenvalue weighted by atomic mass is 32.2. The number of imidazole rings is 1. The summed E-state index contributed by atoms with van der Waals surface area (Å²) in [6, 6.07) is 8.42. The molecule has 1 aromatic carbocycles. The fourth-order valence-electron chi connectivity index (χ4n) is 5.10. The number of benzene rings is 1. The third-order valence-electron chi connectivity index (χ3n) is 7.11. The number of ether oxygens (including phenoxy) is 1. The molecule has 5 heterocycles. The van der Waals surface area contributed by atoms with Crippen LogP contribution in [-0.2, 0) is 4.74 Å². The van der Waals surface area contributed by atoms with Crippen LogP contribution in [0.1, 0.15) is 19.8 Å².